The second-order valence-electron chi connectivity index (χ2n) is 6.13. The third kappa shape index (κ3) is 5.84. The largest absolute Gasteiger partial charge is 0.504 e. The zero-order valence-corrected chi connectivity index (χ0v) is 16.3. The van der Waals surface area contributed by atoms with Crippen LogP contribution >= 0.6 is 0 Å². The molecule has 0 radical (unpaired) electrons. The molecule has 2 rings (SSSR count). The highest BCUT2D eigenvalue weighted by Crippen LogP contribution is 2.26. The summed E-state index contributed by atoms with van der Waals surface area (Å²) in [6.45, 7) is 2.05. The maximum atomic E-state index is 12.0. The van der Waals surface area contributed by atoms with Crippen LogP contribution < -0.4 is 9.47 Å². The van der Waals surface area contributed by atoms with Crippen molar-refractivity contribution in [1.29, 1.82) is 0 Å². The molecule has 0 aliphatic carbocycles. The van der Waals surface area contributed by atoms with Crippen molar-refractivity contribution in [3.63, 3.8) is 0 Å². The fraction of sp³-hybridized carbons (Fsp3) is 0.217. The van der Waals surface area contributed by atoms with Gasteiger partial charge >= 0.3 is 0 Å². The standard InChI is InChI=1S/C23H24O5/c1-4-18-9-5-16(13-22(18)27-2)6-10-19(24)15-20(25)11-7-17-8-12-21(26)23(14-17)28-3/h5-14,26H,4,15H2,1-3H3/b10-6+,11-7+. The Morgan fingerprint density at radius 2 is 1.43 bits per heavy atom. The van der Waals surface area contributed by atoms with Gasteiger partial charge in [-0.15, -0.1) is 0 Å². The number of allylic oxidation sites excluding steroid dienone is 2. The van der Waals surface area contributed by atoms with Gasteiger partial charge in [0, 0.05) is 0 Å². The van der Waals surface area contributed by atoms with Gasteiger partial charge in [-0.1, -0.05) is 37.3 Å². The second kappa shape index (κ2) is 10.1. The first-order valence-electron chi connectivity index (χ1n) is 8.92. The predicted molar refractivity (Wildman–Crippen MR) is 110 cm³/mol. The Balaban J connectivity index is 1.97. The molecule has 0 aromatic heterocycles. The van der Waals surface area contributed by atoms with E-state index in [0.717, 1.165) is 23.3 Å². The zero-order chi connectivity index (χ0) is 20.5. The Morgan fingerprint density at radius 3 is 1.96 bits per heavy atom. The summed E-state index contributed by atoms with van der Waals surface area (Å²) in [6, 6.07) is 10.5. The molecule has 0 saturated carbocycles. The summed E-state index contributed by atoms with van der Waals surface area (Å²) in [5.41, 5.74) is 2.62. The highest BCUT2D eigenvalue weighted by atomic mass is 16.5. The molecule has 0 atom stereocenters. The minimum atomic E-state index is -0.305. The van der Waals surface area contributed by atoms with Crippen LogP contribution in [0.3, 0.4) is 0 Å². The van der Waals surface area contributed by atoms with Gasteiger partial charge in [0.05, 0.1) is 20.6 Å². The number of phenols is 1. The molecule has 0 fully saturated rings. The molecule has 0 saturated heterocycles. The van der Waals surface area contributed by atoms with Crippen LogP contribution in [0, 0.1) is 0 Å². The number of aryl methyl sites for hydroxylation is 1. The molecule has 146 valence electrons. The maximum absolute atomic E-state index is 12.0. The van der Waals surface area contributed by atoms with Crippen molar-refractivity contribution in [2.45, 2.75) is 19.8 Å². The number of ketones is 2. The second-order valence-corrected chi connectivity index (χ2v) is 6.13. The summed E-state index contributed by atoms with van der Waals surface area (Å²) >= 11 is 0. The van der Waals surface area contributed by atoms with Crippen LogP contribution in [0.4, 0.5) is 0 Å². The number of carbonyl (C=O) groups excluding carboxylic acids is 2. The van der Waals surface area contributed by atoms with E-state index in [0.29, 0.717) is 11.3 Å². The number of benzene rings is 2. The fourth-order valence-corrected chi connectivity index (χ4v) is 2.62. The Kier molecular flexibility index (Phi) is 7.57. The lowest BCUT2D eigenvalue weighted by molar-refractivity contribution is -0.121. The molecule has 5 nitrogen and oxygen atoms in total. The van der Waals surface area contributed by atoms with Crippen molar-refractivity contribution < 1.29 is 24.2 Å². The van der Waals surface area contributed by atoms with E-state index in [1.54, 1.807) is 31.4 Å². The molecule has 28 heavy (non-hydrogen) atoms. The van der Waals surface area contributed by atoms with Crippen LogP contribution in [0.5, 0.6) is 17.2 Å². The van der Waals surface area contributed by atoms with Gasteiger partial charge in [0.15, 0.2) is 23.1 Å². The van der Waals surface area contributed by atoms with Crippen LogP contribution in [-0.4, -0.2) is 30.9 Å². The molecular weight excluding hydrogens is 356 g/mol. The molecule has 0 aliphatic rings. The van der Waals surface area contributed by atoms with Crippen LogP contribution in [0.2, 0.25) is 0 Å². The van der Waals surface area contributed by atoms with Crippen LogP contribution in [0.1, 0.15) is 30.0 Å². The Hall–Kier alpha value is -3.34. The van der Waals surface area contributed by atoms with Gasteiger partial charge < -0.3 is 14.6 Å². The van der Waals surface area contributed by atoms with Gasteiger partial charge in [-0.25, -0.2) is 0 Å². The summed E-state index contributed by atoms with van der Waals surface area (Å²) in [7, 11) is 3.06. The van der Waals surface area contributed by atoms with Gasteiger partial charge in [0.1, 0.15) is 5.75 Å². The minimum Gasteiger partial charge on any atom is -0.504 e. The first-order valence-corrected chi connectivity index (χ1v) is 8.92. The van der Waals surface area contributed by atoms with Gasteiger partial charge in [-0.05, 0) is 53.5 Å². The maximum Gasteiger partial charge on any atom is 0.163 e. The van der Waals surface area contributed by atoms with E-state index in [9.17, 15) is 14.7 Å². The molecule has 5 heteroatoms. The molecule has 0 spiro atoms. The van der Waals surface area contributed by atoms with Crippen molar-refractivity contribution in [2.75, 3.05) is 14.2 Å². The van der Waals surface area contributed by atoms with E-state index in [2.05, 4.69) is 0 Å². The van der Waals surface area contributed by atoms with Crippen molar-refractivity contribution in [1.82, 2.24) is 0 Å². The molecule has 0 unspecified atom stereocenters. The highest BCUT2D eigenvalue weighted by Gasteiger charge is 2.06. The van der Waals surface area contributed by atoms with E-state index in [1.165, 1.54) is 25.3 Å². The Labute approximate surface area is 164 Å². The number of phenolic OH excluding ortho intramolecular Hbond substituents is 1. The lowest BCUT2D eigenvalue weighted by Gasteiger charge is -2.07. The van der Waals surface area contributed by atoms with E-state index < -0.39 is 0 Å². The molecular formula is C23H24O5. The third-order valence-corrected chi connectivity index (χ3v) is 4.17. The van der Waals surface area contributed by atoms with Crippen molar-refractivity contribution in [3.05, 3.63) is 65.2 Å². The first kappa shape index (κ1) is 21.0. The number of carbonyl (C=O) groups is 2. The number of hydrogen-bond acceptors (Lipinski definition) is 5. The highest BCUT2D eigenvalue weighted by molar-refractivity contribution is 6.10. The Bertz CT molecular complexity index is 909. The molecule has 0 heterocycles. The van der Waals surface area contributed by atoms with Gasteiger partial charge in [0.25, 0.3) is 0 Å². The van der Waals surface area contributed by atoms with Crippen LogP contribution in [0.15, 0.2) is 48.6 Å². The van der Waals surface area contributed by atoms with Crippen LogP contribution in [-0.2, 0) is 16.0 Å². The number of aromatic hydroxyl groups is 1. The van der Waals surface area contributed by atoms with Gasteiger partial charge in [-0.3, -0.25) is 9.59 Å². The molecule has 0 amide bonds. The normalized spacial score (nSPS) is 11.1. The number of ether oxygens (including phenoxy) is 2. The van der Waals surface area contributed by atoms with E-state index in [4.69, 9.17) is 9.47 Å². The lowest BCUT2D eigenvalue weighted by Crippen LogP contribution is -2.02. The molecule has 0 bridgehead atoms. The molecule has 2 aromatic carbocycles. The number of rotatable bonds is 9. The monoisotopic (exact) mass is 380 g/mol. The summed E-state index contributed by atoms with van der Waals surface area (Å²) in [4.78, 5) is 24.0. The van der Waals surface area contributed by atoms with E-state index in [1.807, 2.05) is 25.1 Å². The summed E-state index contributed by atoms with van der Waals surface area (Å²) in [6.07, 6.45) is 6.64. The van der Waals surface area contributed by atoms with E-state index in [-0.39, 0.29) is 23.7 Å². The summed E-state index contributed by atoms with van der Waals surface area (Å²) < 4.78 is 10.4. The number of methoxy groups -OCH3 is 2. The topological polar surface area (TPSA) is 72.8 Å². The Morgan fingerprint density at radius 1 is 0.893 bits per heavy atom. The van der Waals surface area contributed by atoms with E-state index >= 15 is 0 Å². The quantitative estimate of drug-likeness (QED) is 0.521. The fourth-order valence-electron chi connectivity index (χ4n) is 2.62. The first-order chi connectivity index (χ1) is 13.5. The summed E-state index contributed by atoms with van der Waals surface area (Å²) in [5, 5.41) is 9.57. The predicted octanol–water partition coefficient (Wildman–Crippen LogP) is 4.23. The van der Waals surface area contributed by atoms with Crippen molar-refractivity contribution in [3.8, 4) is 17.2 Å². The smallest absolute Gasteiger partial charge is 0.163 e. The third-order valence-electron chi connectivity index (χ3n) is 4.17. The SMILES string of the molecule is CCc1ccc(/C=C/C(=O)CC(=O)/C=C/c2ccc(O)c(OC)c2)cc1OC. The van der Waals surface area contributed by atoms with Gasteiger partial charge in [-0.2, -0.15) is 0 Å². The minimum absolute atomic E-state index is 0.0230. The van der Waals surface area contributed by atoms with Gasteiger partial charge in [0.2, 0.25) is 0 Å². The number of hydrogen-bond donors (Lipinski definition) is 1. The molecule has 1 N–H and O–H groups in total. The molecule has 2 aromatic rings. The zero-order valence-electron chi connectivity index (χ0n) is 16.3. The van der Waals surface area contributed by atoms with Crippen LogP contribution in [0.25, 0.3) is 12.2 Å². The average molecular weight is 380 g/mol. The summed E-state index contributed by atoms with van der Waals surface area (Å²) in [5.74, 6) is 0.533. The molecule has 0 aliphatic heterocycles. The van der Waals surface area contributed by atoms with Crippen molar-refractivity contribution >= 4 is 23.7 Å². The lowest BCUT2D eigenvalue weighted by atomic mass is 10.1. The van der Waals surface area contributed by atoms with Crippen molar-refractivity contribution in [2.24, 2.45) is 0 Å². The average Bonchev–Trinajstić information content (AvgIpc) is 2.71.